The zero-order valence-corrected chi connectivity index (χ0v) is 11.6. The number of nitrogens with zero attached hydrogens (tertiary/aromatic N) is 3. The molecule has 1 aromatic carbocycles. The molecule has 0 saturated heterocycles. The Morgan fingerprint density at radius 1 is 1.32 bits per heavy atom. The highest BCUT2D eigenvalue weighted by Gasteiger charge is 2.42. The summed E-state index contributed by atoms with van der Waals surface area (Å²) in [6.45, 7) is 1.92. The maximum atomic E-state index is 13.0. The number of benzene rings is 1. The van der Waals surface area contributed by atoms with E-state index in [2.05, 4.69) is 10.2 Å². The van der Waals surface area contributed by atoms with Crippen LogP contribution in [0.4, 0.5) is 18.0 Å². The van der Waals surface area contributed by atoms with E-state index in [4.69, 9.17) is 4.74 Å². The van der Waals surface area contributed by atoms with Gasteiger partial charge in [-0.1, -0.05) is 42.4 Å². The van der Waals surface area contributed by atoms with Gasteiger partial charge in [0.05, 0.1) is 6.61 Å². The summed E-state index contributed by atoms with van der Waals surface area (Å²) < 4.78 is 43.9. The van der Waals surface area contributed by atoms with Crippen LogP contribution in [0.3, 0.4) is 0 Å². The fourth-order valence-electron chi connectivity index (χ4n) is 1.64. The molecule has 22 heavy (non-hydrogen) atoms. The average Bonchev–Trinajstić information content (AvgIpc) is 2.52. The number of carbonyl (C=O) groups excluding carboxylic acids is 1. The van der Waals surface area contributed by atoms with Gasteiger partial charge in [-0.25, -0.2) is 4.79 Å². The zero-order chi connectivity index (χ0) is 16.2. The SMILES string of the molecule is CCCOC(=O)N1N=C(c2ccccc2)C(C(F)(F)F)=NN1. The largest absolute Gasteiger partial charge is 0.451 e. The number of rotatable bonds is 3. The fraction of sp³-hybridized carbons (Fsp3) is 0.308. The molecule has 1 amide bonds. The van der Waals surface area contributed by atoms with Crippen molar-refractivity contribution in [1.82, 2.24) is 10.7 Å². The van der Waals surface area contributed by atoms with Crippen molar-refractivity contribution in [2.45, 2.75) is 19.5 Å². The minimum absolute atomic E-state index is 0.128. The van der Waals surface area contributed by atoms with E-state index in [1.54, 1.807) is 25.1 Å². The molecule has 9 heteroatoms. The van der Waals surface area contributed by atoms with Crippen LogP contribution in [0, 0.1) is 0 Å². The second kappa shape index (κ2) is 6.46. The molecule has 2 rings (SSSR count). The Balaban J connectivity index is 2.33. The lowest BCUT2D eigenvalue weighted by molar-refractivity contribution is -0.0581. The van der Waals surface area contributed by atoms with Crippen LogP contribution in [0.15, 0.2) is 40.5 Å². The number of amides is 1. The van der Waals surface area contributed by atoms with Gasteiger partial charge in [0, 0.05) is 5.56 Å². The Morgan fingerprint density at radius 2 is 2.00 bits per heavy atom. The summed E-state index contributed by atoms with van der Waals surface area (Å²) in [5, 5.41) is 7.41. The molecule has 1 heterocycles. The Bertz CT molecular complexity index is 599. The Morgan fingerprint density at radius 3 is 2.59 bits per heavy atom. The second-order valence-corrected chi connectivity index (χ2v) is 4.30. The van der Waals surface area contributed by atoms with E-state index in [0.717, 1.165) is 0 Å². The predicted molar refractivity (Wildman–Crippen MR) is 73.1 cm³/mol. The van der Waals surface area contributed by atoms with Crippen molar-refractivity contribution in [3.63, 3.8) is 0 Å². The van der Waals surface area contributed by atoms with Crippen molar-refractivity contribution in [2.75, 3.05) is 6.61 Å². The van der Waals surface area contributed by atoms with Crippen molar-refractivity contribution >= 4 is 17.5 Å². The van der Waals surface area contributed by atoms with Crippen molar-refractivity contribution in [3.05, 3.63) is 35.9 Å². The van der Waals surface area contributed by atoms with Crippen LogP contribution < -0.4 is 5.53 Å². The van der Waals surface area contributed by atoms with E-state index in [0.29, 0.717) is 11.5 Å². The molecule has 0 fully saturated rings. The lowest BCUT2D eigenvalue weighted by atomic mass is 10.1. The number of carbonyl (C=O) groups is 1. The Kier molecular flexibility index (Phi) is 4.64. The summed E-state index contributed by atoms with van der Waals surface area (Å²) in [6.07, 6.45) is -5.06. The molecule has 6 nitrogen and oxygen atoms in total. The summed E-state index contributed by atoms with van der Waals surface area (Å²) in [5.41, 5.74) is 0.444. The first-order valence-electron chi connectivity index (χ1n) is 6.45. The van der Waals surface area contributed by atoms with Gasteiger partial charge >= 0.3 is 12.3 Å². The van der Waals surface area contributed by atoms with E-state index in [1.807, 2.05) is 5.53 Å². The smallest absolute Gasteiger partial charge is 0.447 e. The lowest BCUT2D eigenvalue weighted by Gasteiger charge is -2.23. The van der Waals surface area contributed by atoms with Gasteiger partial charge in [0.25, 0.3) is 0 Å². The van der Waals surface area contributed by atoms with Crippen LogP contribution in [0.1, 0.15) is 18.9 Å². The van der Waals surface area contributed by atoms with E-state index >= 15 is 0 Å². The van der Waals surface area contributed by atoms with Crippen LogP contribution in [-0.2, 0) is 4.74 Å². The highest BCUT2D eigenvalue weighted by molar-refractivity contribution is 6.50. The van der Waals surface area contributed by atoms with Gasteiger partial charge in [-0.2, -0.15) is 23.8 Å². The van der Waals surface area contributed by atoms with Crippen molar-refractivity contribution in [2.24, 2.45) is 10.2 Å². The highest BCUT2D eigenvalue weighted by Crippen LogP contribution is 2.22. The van der Waals surface area contributed by atoms with Crippen LogP contribution in [0.2, 0.25) is 0 Å². The molecule has 0 atom stereocenters. The number of hydrogen-bond acceptors (Lipinski definition) is 5. The van der Waals surface area contributed by atoms with Crippen LogP contribution >= 0.6 is 0 Å². The first-order chi connectivity index (χ1) is 10.4. The minimum Gasteiger partial charge on any atom is -0.447 e. The van der Waals surface area contributed by atoms with Gasteiger partial charge in [0.2, 0.25) is 0 Å². The topological polar surface area (TPSA) is 66.3 Å². The van der Waals surface area contributed by atoms with Crippen molar-refractivity contribution in [3.8, 4) is 0 Å². The zero-order valence-electron chi connectivity index (χ0n) is 11.6. The van der Waals surface area contributed by atoms with Crippen molar-refractivity contribution in [1.29, 1.82) is 0 Å². The third kappa shape index (κ3) is 3.54. The first-order valence-corrected chi connectivity index (χ1v) is 6.45. The van der Waals surface area contributed by atoms with Gasteiger partial charge in [0.15, 0.2) is 5.71 Å². The summed E-state index contributed by atoms with van der Waals surface area (Å²) in [4.78, 5) is 11.7. The number of hydrazine groups is 1. The molecule has 1 N–H and O–H groups in total. The predicted octanol–water partition coefficient (Wildman–Crippen LogP) is 2.68. The molecule has 0 spiro atoms. The number of ether oxygens (including phenoxy) is 1. The van der Waals surface area contributed by atoms with Gasteiger partial charge in [-0.05, 0) is 6.42 Å². The molecule has 0 aromatic heterocycles. The summed E-state index contributed by atoms with van der Waals surface area (Å²) in [5.74, 6) is 0. The molecule has 0 aliphatic carbocycles. The molecule has 0 bridgehead atoms. The number of halogens is 3. The van der Waals surface area contributed by atoms with E-state index < -0.39 is 23.7 Å². The maximum Gasteiger partial charge on any atom is 0.451 e. The summed E-state index contributed by atoms with van der Waals surface area (Å²) in [7, 11) is 0. The standard InChI is InChI=1S/C13H13F3N4O2/c1-2-8-22-12(21)20-18-10(9-6-4-3-5-7-9)11(17-19-20)13(14,15)16/h3-7,19H,2,8H2,1H3. The third-order valence-electron chi connectivity index (χ3n) is 2.60. The summed E-state index contributed by atoms with van der Waals surface area (Å²) in [6, 6.07) is 7.67. The van der Waals surface area contributed by atoms with E-state index in [1.165, 1.54) is 12.1 Å². The molecule has 1 aliphatic rings. The monoisotopic (exact) mass is 314 g/mol. The van der Waals surface area contributed by atoms with Gasteiger partial charge < -0.3 is 4.74 Å². The lowest BCUT2D eigenvalue weighted by Crippen LogP contribution is -2.46. The normalized spacial score (nSPS) is 14.8. The van der Waals surface area contributed by atoms with E-state index in [9.17, 15) is 18.0 Å². The number of hydrogen-bond donors (Lipinski definition) is 1. The molecule has 0 unspecified atom stereocenters. The first kappa shape index (κ1) is 15.8. The average molecular weight is 314 g/mol. The minimum atomic E-state index is -4.71. The fourth-order valence-corrected chi connectivity index (χ4v) is 1.64. The van der Waals surface area contributed by atoms with Crippen molar-refractivity contribution < 1.29 is 22.7 Å². The second-order valence-electron chi connectivity index (χ2n) is 4.30. The molecule has 0 radical (unpaired) electrons. The number of hydrazone groups is 2. The Labute approximate surface area is 124 Å². The molecular weight excluding hydrogens is 301 g/mol. The van der Waals surface area contributed by atoms with Gasteiger partial charge in [0.1, 0.15) is 5.71 Å². The quantitative estimate of drug-likeness (QED) is 0.933. The van der Waals surface area contributed by atoms with Gasteiger partial charge in [-0.15, -0.1) is 5.10 Å². The molecule has 1 aliphatic heterocycles. The summed E-state index contributed by atoms with van der Waals surface area (Å²) >= 11 is 0. The van der Waals surface area contributed by atoms with Crippen LogP contribution in [0.25, 0.3) is 0 Å². The van der Waals surface area contributed by atoms with Gasteiger partial charge in [-0.3, -0.25) is 0 Å². The maximum absolute atomic E-state index is 13.0. The Hall–Kier alpha value is -2.58. The van der Waals surface area contributed by atoms with Crippen LogP contribution in [0.5, 0.6) is 0 Å². The number of nitrogens with one attached hydrogen (secondary N) is 1. The molecular formula is C13H13F3N4O2. The third-order valence-corrected chi connectivity index (χ3v) is 2.60. The van der Waals surface area contributed by atoms with Crippen LogP contribution in [-0.4, -0.2) is 35.4 Å². The molecule has 1 aromatic rings. The highest BCUT2D eigenvalue weighted by atomic mass is 19.4. The molecule has 118 valence electrons. The number of alkyl halides is 3. The molecule has 0 saturated carbocycles. The van der Waals surface area contributed by atoms with E-state index in [-0.39, 0.29) is 12.2 Å².